The van der Waals surface area contributed by atoms with Crippen LogP contribution in [0.15, 0.2) is 12.1 Å². The minimum Gasteiger partial charge on any atom is -0.353 e. The lowest BCUT2D eigenvalue weighted by molar-refractivity contribution is -0.135. The van der Waals surface area contributed by atoms with Gasteiger partial charge in [-0.05, 0) is 50.3 Å². The number of amides is 1. The van der Waals surface area contributed by atoms with E-state index in [0.29, 0.717) is 12.1 Å². The zero-order valence-electron chi connectivity index (χ0n) is 17.7. The predicted octanol–water partition coefficient (Wildman–Crippen LogP) is 0.701. The third-order valence-corrected chi connectivity index (χ3v) is 7.59. The average molecular weight is 428 g/mol. The molecular weight excluding hydrogens is 397 g/mol. The van der Waals surface area contributed by atoms with E-state index in [0.717, 1.165) is 64.3 Å². The van der Waals surface area contributed by atoms with Crippen molar-refractivity contribution in [3.63, 3.8) is 0 Å². The highest BCUT2D eigenvalue weighted by Crippen LogP contribution is 2.40. The highest BCUT2D eigenvalue weighted by molar-refractivity contribution is 5.81. The van der Waals surface area contributed by atoms with Crippen LogP contribution in [0.5, 0.6) is 0 Å². The monoisotopic (exact) mass is 427 g/mol. The number of aromatic nitrogens is 2. The second-order valence-corrected chi connectivity index (χ2v) is 9.45. The largest absolute Gasteiger partial charge is 0.353 e. The molecular formula is C22H30FN7O. The molecule has 5 rings (SSSR count). The maximum atomic E-state index is 15.3. The molecule has 0 spiro atoms. The Hall–Kier alpha value is -2.31. The van der Waals surface area contributed by atoms with Crippen molar-refractivity contribution in [2.45, 2.75) is 43.9 Å². The molecule has 4 fully saturated rings. The number of alkyl halides is 1. The van der Waals surface area contributed by atoms with E-state index in [1.165, 1.54) is 0 Å². The third kappa shape index (κ3) is 4.11. The maximum Gasteiger partial charge on any atom is 0.224 e. The van der Waals surface area contributed by atoms with Gasteiger partial charge >= 0.3 is 0 Å². The van der Waals surface area contributed by atoms with Crippen LogP contribution in [0.3, 0.4) is 0 Å². The molecule has 4 heterocycles. The van der Waals surface area contributed by atoms with Gasteiger partial charge in [-0.2, -0.15) is 5.26 Å². The zero-order chi connectivity index (χ0) is 21.4. The van der Waals surface area contributed by atoms with Crippen LogP contribution < -0.4 is 15.5 Å². The van der Waals surface area contributed by atoms with Crippen molar-refractivity contribution in [2.24, 2.45) is 17.8 Å². The Kier molecular flexibility index (Phi) is 5.76. The molecule has 6 unspecified atom stereocenters. The van der Waals surface area contributed by atoms with Gasteiger partial charge in [0, 0.05) is 50.7 Å². The van der Waals surface area contributed by atoms with Crippen LogP contribution in [0.4, 0.5) is 10.2 Å². The summed E-state index contributed by atoms with van der Waals surface area (Å²) in [6, 6.07) is 5.47. The lowest BCUT2D eigenvalue weighted by Crippen LogP contribution is -2.67. The summed E-state index contributed by atoms with van der Waals surface area (Å²) in [5.41, 5.74) is 0.323. The number of carbonyl (C=O) groups is 1. The normalized spacial score (nSPS) is 36.1. The highest BCUT2D eigenvalue weighted by Gasteiger charge is 2.51. The molecule has 1 saturated carbocycles. The van der Waals surface area contributed by atoms with Gasteiger partial charge in [0.1, 0.15) is 12.2 Å². The molecule has 3 aliphatic heterocycles. The van der Waals surface area contributed by atoms with Gasteiger partial charge in [0.2, 0.25) is 5.91 Å². The van der Waals surface area contributed by atoms with Crippen molar-refractivity contribution in [2.75, 3.05) is 44.2 Å². The number of nitrogens with zero attached hydrogens (tertiary/aromatic N) is 5. The van der Waals surface area contributed by atoms with Crippen LogP contribution in [0.1, 0.15) is 31.4 Å². The minimum atomic E-state index is -0.863. The van der Waals surface area contributed by atoms with E-state index in [9.17, 15) is 4.79 Å². The highest BCUT2D eigenvalue weighted by atomic mass is 19.1. The van der Waals surface area contributed by atoms with E-state index >= 15 is 4.39 Å². The summed E-state index contributed by atoms with van der Waals surface area (Å²) < 4.78 is 15.3. The Morgan fingerprint density at radius 2 is 2.03 bits per heavy atom. The first-order valence-corrected chi connectivity index (χ1v) is 11.5. The number of halogens is 1. The SMILES string of the molecule is N#Cc1ccc(N2CCN(CC3CC(F)C4C(C3)NC(=O)C3CCCNC34)CC2)nn1. The van der Waals surface area contributed by atoms with Gasteiger partial charge in [-0.1, -0.05) is 0 Å². The number of anilines is 1. The first-order valence-electron chi connectivity index (χ1n) is 11.5. The molecule has 1 aliphatic carbocycles. The fraction of sp³-hybridized carbons (Fsp3) is 0.727. The minimum absolute atomic E-state index is 0.000487. The molecule has 1 amide bonds. The molecule has 31 heavy (non-hydrogen) atoms. The molecule has 0 aromatic carbocycles. The molecule has 6 atom stereocenters. The number of hydrogen-bond acceptors (Lipinski definition) is 7. The quantitative estimate of drug-likeness (QED) is 0.733. The molecule has 0 radical (unpaired) electrons. The number of rotatable bonds is 3. The van der Waals surface area contributed by atoms with Crippen molar-refractivity contribution in [3.8, 4) is 6.07 Å². The van der Waals surface area contributed by atoms with E-state index in [-0.39, 0.29) is 35.7 Å². The Bertz CT molecular complexity index is 835. The first-order chi connectivity index (χ1) is 15.1. The van der Waals surface area contributed by atoms with Gasteiger partial charge in [-0.15, -0.1) is 10.2 Å². The predicted molar refractivity (Wildman–Crippen MR) is 113 cm³/mol. The summed E-state index contributed by atoms with van der Waals surface area (Å²) in [6.45, 7) is 5.21. The topological polar surface area (TPSA) is 97.2 Å². The maximum absolute atomic E-state index is 15.3. The third-order valence-electron chi connectivity index (χ3n) is 7.59. The van der Waals surface area contributed by atoms with Gasteiger partial charge < -0.3 is 15.5 Å². The lowest BCUT2D eigenvalue weighted by Gasteiger charge is -2.51. The Morgan fingerprint density at radius 1 is 1.19 bits per heavy atom. The van der Waals surface area contributed by atoms with Crippen molar-refractivity contribution in [3.05, 3.63) is 17.8 Å². The van der Waals surface area contributed by atoms with Crippen LogP contribution >= 0.6 is 0 Å². The second-order valence-electron chi connectivity index (χ2n) is 9.45. The van der Waals surface area contributed by atoms with Crippen molar-refractivity contribution >= 4 is 11.7 Å². The van der Waals surface area contributed by atoms with E-state index < -0.39 is 6.17 Å². The van der Waals surface area contributed by atoms with E-state index in [4.69, 9.17) is 5.26 Å². The summed E-state index contributed by atoms with van der Waals surface area (Å²) in [5.74, 6) is 1.01. The molecule has 3 saturated heterocycles. The van der Waals surface area contributed by atoms with Crippen LogP contribution in [-0.4, -0.2) is 78.5 Å². The van der Waals surface area contributed by atoms with Crippen LogP contribution in [0.2, 0.25) is 0 Å². The molecule has 8 nitrogen and oxygen atoms in total. The zero-order valence-corrected chi connectivity index (χ0v) is 17.7. The number of nitrogens with one attached hydrogen (secondary N) is 2. The molecule has 2 N–H and O–H groups in total. The van der Waals surface area contributed by atoms with Crippen LogP contribution in [-0.2, 0) is 4.79 Å². The van der Waals surface area contributed by atoms with Gasteiger partial charge in [-0.3, -0.25) is 9.69 Å². The van der Waals surface area contributed by atoms with Gasteiger partial charge in [0.25, 0.3) is 0 Å². The number of carbonyl (C=O) groups excluding carboxylic acids is 1. The number of hydrogen-bond donors (Lipinski definition) is 2. The summed E-state index contributed by atoms with van der Waals surface area (Å²) in [5, 5.41) is 23.6. The Balaban J connectivity index is 1.16. The van der Waals surface area contributed by atoms with E-state index in [1.807, 2.05) is 12.1 Å². The molecule has 166 valence electrons. The van der Waals surface area contributed by atoms with Gasteiger partial charge in [0.15, 0.2) is 11.5 Å². The van der Waals surface area contributed by atoms with Gasteiger partial charge in [-0.25, -0.2) is 4.39 Å². The average Bonchev–Trinajstić information content (AvgIpc) is 2.79. The standard InChI is InChI=1S/C22H30FN7O/c23-17-10-14(11-18-20(17)21-16(22(31)26-18)2-1-5-25-21)13-29-6-8-30(9-7-29)19-4-3-15(12-24)27-28-19/h3-4,14,16-18,20-21,25H,1-2,5-11,13H2,(H,26,31). The number of piperazine rings is 1. The van der Waals surface area contributed by atoms with Gasteiger partial charge in [0.05, 0.1) is 5.92 Å². The molecule has 0 bridgehead atoms. The summed E-state index contributed by atoms with van der Waals surface area (Å²) in [4.78, 5) is 17.2. The van der Waals surface area contributed by atoms with Crippen LogP contribution in [0.25, 0.3) is 0 Å². The molecule has 4 aliphatic rings. The molecule has 9 heteroatoms. The van der Waals surface area contributed by atoms with Crippen molar-refractivity contribution in [1.82, 2.24) is 25.7 Å². The Labute approximate surface area is 182 Å². The van der Waals surface area contributed by atoms with E-state index in [1.54, 1.807) is 6.07 Å². The number of fused-ring (bicyclic) bond motifs is 3. The molecule has 1 aromatic rings. The smallest absolute Gasteiger partial charge is 0.224 e. The fourth-order valence-electron chi connectivity index (χ4n) is 6.10. The number of nitriles is 1. The van der Waals surface area contributed by atoms with E-state index in [2.05, 4.69) is 30.6 Å². The first kappa shape index (κ1) is 20.6. The number of piperidine rings is 2. The van der Waals surface area contributed by atoms with Crippen molar-refractivity contribution < 1.29 is 9.18 Å². The van der Waals surface area contributed by atoms with Crippen LogP contribution in [0, 0.1) is 29.1 Å². The second kappa shape index (κ2) is 8.67. The van der Waals surface area contributed by atoms with Crippen molar-refractivity contribution in [1.29, 1.82) is 5.26 Å². The Morgan fingerprint density at radius 3 is 2.77 bits per heavy atom. The lowest BCUT2D eigenvalue weighted by atomic mass is 9.66. The summed E-state index contributed by atoms with van der Waals surface area (Å²) >= 11 is 0. The fourth-order valence-corrected chi connectivity index (χ4v) is 6.10. The molecule has 1 aromatic heterocycles. The summed E-state index contributed by atoms with van der Waals surface area (Å²) in [7, 11) is 0. The summed E-state index contributed by atoms with van der Waals surface area (Å²) in [6.07, 6.45) is 2.45.